The van der Waals surface area contributed by atoms with Crippen molar-refractivity contribution >= 4 is 27.6 Å². The third kappa shape index (κ3) is 7.22. The molecular formula is C51H69NO5S2. The van der Waals surface area contributed by atoms with E-state index in [4.69, 9.17) is 14.2 Å². The Kier molecular flexibility index (Phi) is 11.7. The van der Waals surface area contributed by atoms with E-state index in [-0.39, 0.29) is 41.2 Å². The number of methoxy groups -OCH3 is 1. The first-order valence-electron chi connectivity index (χ1n) is 23.8. The van der Waals surface area contributed by atoms with Gasteiger partial charge in [-0.25, -0.2) is 4.79 Å². The molecule has 12 atom stereocenters. The molecule has 9 aliphatic rings. The maximum absolute atomic E-state index is 13.6. The summed E-state index contributed by atoms with van der Waals surface area (Å²) in [7, 11) is 5.83. The van der Waals surface area contributed by atoms with Crippen LogP contribution in [0, 0.1) is 52.8 Å². The maximum atomic E-state index is 13.6. The van der Waals surface area contributed by atoms with Crippen LogP contribution in [0.25, 0.3) is 0 Å². The number of aliphatic hydroxyl groups excluding tert-OH is 1. The van der Waals surface area contributed by atoms with E-state index in [0.29, 0.717) is 40.8 Å². The van der Waals surface area contributed by atoms with Crippen molar-refractivity contribution in [2.24, 2.45) is 52.8 Å². The second-order valence-corrected chi connectivity index (χ2v) is 23.0. The number of esters is 1. The Morgan fingerprint density at radius 2 is 1.88 bits per heavy atom. The fourth-order valence-electron chi connectivity index (χ4n) is 14.9. The zero-order valence-electron chi connectivity index (χ0n) is 36.2. The van der Waals surface area contributed by atoms with E-state index in [9.17, 15) is 9.90 Å². The van der Waals surface area contributed by atoms with Gasteiger partial charge in [0.15, 0.2) is 11.5 Å². The lowest BCUT2D eigenvalue weighted by molar-refractivity contribution is -0.133. The molecule has 6 fully saturated rings. The minimum atomic E-state index is -0.404. The summed E-state index contributed by atoms with van der Waals surface area (Å²) in [6, 6.07) is 10.2. The first-order valence-corrected chi connectivity index (χ1v) is 26.3. The quantitative estimate of drug-likeness (QED) is 0.126. The fourth-order valence-corrected chi connectivity index (χ4v) is 17.5. The van der Waals surface area contributed by atoms with E-state index < -0.39 is 6.10 Å². The van der Waals surface area contributed by atoms with Gasteiger partial charge < -0.3 is 19.3 Å². The van der Waals surface area contributed by atoms with E-state index >= 15 is 0 Å². The summed E-state index contributed by atoms with van der Waals surface area (Å²) in [5, 5.41) is 13.6. The van der Waals surface area contributed by atoms with Crippen molar-refractivity contribution in [1.29, 1.82) is 0 Å². The monoisotopic (exact) mass is 839 g/mol. The molecule has 1 aromatic rings. The summed E-state index contributed by atoms with van der Waals surface area (Å²) in [5.74, 6) is 8.66. The predicted molar refractivity (Wildman–Crippen MR) is 239 cm³/mol. The highest BCUT2D eigenvalue weighted by Crippen LogP contribution is 2.69. The Morgan fingerprint density at radius 3 is 2.71 bits per heavy atom. The van der Waals surface area contributed by atoms with Crippen LogP contribution in [-0.2, 0) is 25.4 Å². The van der Waals surface area contributed by atoms with Crippen LogP contribution in [0.4, 0.5) is 0 Å². The van der Waals surface area contributed by atoms with Gasteiger partial charge in [-0.1, -0.05) is 110 Å². The molecule has 1 aromatic carbocycles. The molecule has 1 spiro atoms. The summed E-state index contributed by atoms with van der Waals surface area (Å²) in [6.45, 7) is 7.32. The molecule has 0 amide bonds. The van der Waals surface area contributed by atoms with Gasteiger partial charge in [-0.05, 0) is 129 Å². The number of carbonyl (C=O) groups is 1. The summed E-state index contributed by atoms with van der Waals surface area (Å²) in [5.41, 5.74) is 5.38. The fraction of sp³-hybridized carbons (Fsp3) is 0.706. The van der Waals surface area contributed by atoms with Gasteiger partial charge in [0.1, 0.15) is 5.76 Å². The Bertz CT molecular complexity index is 1900. The Labute approximate surface area is 362 Å². The van der Waals surface area contributed by atoms with Crippen molar-refractivity contribution in [3.8, 4) is 0 Å². The minimum Gasteiger partial charge on any atom is -0.492 e. The van der Waals surface area contributed by atoms with Crippen LogP contribution in [0.3, 0.4) is 0 Å². The van der Waals surface area contributed by atoms with Crippen LogP contribution >= 0.6 is 21.6 Å². The van der Waals surface area contributed by atoms with Crippen LogP contribution in [0.5, 0.6) is 0 Å². The Morgan fingerprint density at radius 1 is 1.02 bits per heavy atom. The topological polar surface area (TPSA) is 68.2 Å². The molecule has 320 valence electrons. The number of rotatable bonds is 7. The molecule has 0 aromatic heterocycles. The standard InChI is InChI=1S/C51H69NO5S2/c1-5-6-7-12-32-13-10-16-36(23-32)44-39-25-41-43-30(2)48(49-47(55-4)31(3)50(54)57-49)56-42(43)17-11-22-52(41)45-40(39)27-51(44)21-20-33(26-51)28-58-59-29-37-19-18-35(24-38(37)46(45)53)34-14-8-9-15-34/h10,13,16-17,19,23,30,33-35,38-41,43-46,53H,5-9,11-12,14-15,18,20-22,24-29H2,1-4H3. The van der Waals surface area contributed by atoms with Crippen LogP contribution in [0.2, 0.25) is 0 Å². The molecule has 6 nitrogen and oxygen atoms in total. The SMILES string of the molecule is CCCCCc1cccc(C2C3CC4C5C(=CCCN4C4C(O)C6CC(C7CCCC7)CC=C6CSSCC6CCC2(C6)CC34)OC(=C2OC(=O)C(C)=C2OC)C5C)c1. The molecule has 3 bridgehead atoms. The number of benzene rings is 1. The smallest absolute Gasteiger partial charge is 0.343 e. The van der Waals surface area contributed by atoms with E-state index in [0.717, 1.165) is 61.3 Å². The van der Waals surface area contributed by atoms with E-state index in [1.807, 2.05) is 0 Å². The van der Waals surface area contributed by atoms with Crippen molar-refractivity contribution in [2.45, 2.75) is 148 Å². The number of ether oxygens (including phenoxy) is 3. The number of unbranched alkanes of at least 4 members (excludes halogenated alkanes) is 2. The van der Waals surface area contributed by atoms with Crippen LogP contribution < -0.4 is 0 Å². The lowest BCUT2D eigenvalue weighted by Crippen LogP contribution is -2.62. The highest BCUT2D eigenvalue weighted by atomic mass is 33.1. The third-order valence-electron chi connectivity index (χ3n) is 17.5. The van der Waals surface area contributed by atoms with E-state index in [1.165, 1.54) is 93.9 Å². The molecule has 10 rings (SSSR count). The first-order chi connectivity index (χ1) is 28.8. The number of fused-ring (bicyclic) bond motifs is 6. The maximum Gasteiger partial charge on any atom is 0.343 e. The molecule has 0 radical (unpaired) electrons. The lowest BCUT2D eigenvalue weighted by Gasteiger charge is -2.54. The summed E-state index contributed by atoms with van der Waals surface area (Å²) in [6.07, 6.45) is 24.5. The van der Waals surface area contributed by atoms with Gasteiger partial charge in [-0.3, -0.25) is 4.90 Å². The number of aliphatic hydroxyl groups is 1. The molecule has 3 saturated carbocycles. The van der Waals surface area contributed by atoms with Crippen molar-refractivity contribution in [3.63, 3.8) is 0 Å². The zero-order chi connectivity index (χ0) is 40.4. The molecule has 1 N–H and O–H groups in total. The third-order valence-corrected chi connectivity index (χ3v) is 19.9. The average Bonchev–Trinajstić information content (AvgIpc) is 4.06. The molecule has 5 aliphatic heterocycles. The van der Waals surface area contributed by atoms with Gasteiger partial charge in [-0.2, -0.15) is 0 Å². The van der Waals surface area contributed by atoms with Gasteiger partial charge in [-0.15, -0.1) is 0 Å². The van der Waals surface area contributed by atoms with Crippen molar-refractivity contribution < 1.29 is 24.1 Å². The molecule has 8 heteroatoms. The molecule has 12 unspecified atom stereocenters. The van der Waals surface area contributed by atoms with Gasteiger partial charge in [0.05, 0.1) is 18.8 Å². The number of hydrogen-bond acceptors (Lipinski definition) is 8. The molecular weight excluding hydrogens is 771 g/mol. The summed E-state index contributed by atoms with van der Waals surface area (Å²) < 4.78 is 18.6. The van der Waals surface area contributed by atoms with Gasteiger partial charge >= 0.3 is 5.97 Å². The largest absolute Gasteiger partial charge is 0.492 e. The van der Waals surface area contributed by atoms with Gasteiger partial charge in [0.2, 0.25) is 5.76 Å². The van der Waals surface area contributed by atoms with Crippen LogP contribution in [0.1, 0.15) is 134 Å². The van der Waals surface area contributed by atoms with Crippen LogP contribution in [0.15, 0.2) is 70.6 Å². The predicted octanol–water partition coefficient (Wildman–Crippen LogP) is 11.5. The molecule has 3 saturated heterocycles. The second kappa shape index (κ2) is 16.9. The second-order valence-electron chi connectivity index (χ2n) is 20.5. The highest BCUT2D eigenvalue weighted by Gasteiger charge is 2.64. The summed E-state index contributed by atoms with van der Waals surface area (Å²) in [4.78, 5) is 15.8. The zero-order valence-corrected chi connectivity index (χ0v) is 37.8. The number of cyclic esters (lactones) is 1. The highest BCUT2D eigenvalue weighted by molar-refractivity contribution is 8.76. The number of aryl methyl sites for hydroxylation is 1. The molecule has 4 aliphatic carbocycles. The number of carbonyl (C=O) groups excluding carboxylic acids is 1. The first kappa shape index (κ1) is 40.9. The van der Waals surface area contributed by atoms with Crippen LogP contribution in [-0.4, -0.2) is 59.3 Å². The summed E-state index contributed by atoms with van der Waals surface area (Å²) >= 11 is 0. The number of hydrogen-bond donors (Lipinski definition) is 1. The Balaban J connectivity index is 1.09. The van der Waals surface area contributed by atoms with Crippen molar-refractivity contribution in [1.82, 2.24) is 4.90 Å². The lowest BCUT2D eigenvalue weighted by atomic mass is 9.64. The van der Waals surface area contributed by atoms with Gasteiger partial charge in [0.25, 0.3) is 0 Å². The minimum absolute atomic E-state index is 0.00233. The van der Waals surface area contributed by atoms with E-state index in [1.54, 1.807) is 19.6 Å². The van der Waals surface area contributed by atoms with Crippen molar-refractivity contribution in [2.75, 3.05) is 25.2 Å². The molecule has 5 heterocycles. The number of nitrogens with zero attached hydrogens (tertiary/aromatic N) is 1. The number of allylic oxidation sites excluding steroid dienone is 2. The average molecular weight is 840 g/mol. The normalized spacial score (nSPS) is 41.1. The molecule has 59 heavy (non-hydrogen) atoms. The van der Waals surface area contributed by atoms with E-state index in [2.05, 4.69) is 76.8 Å². The van der Waals surface area contributed by atoms with Gasteiger partial charge in [0, 0.05) is 47.9 Å². The van der Waals surface area contributed by atoms with Crippen molar-refractivity contribution in [3.05, 3.63) is 81.7 Å². The Hall–Kier alpha value is -2.13. The number of piperidine rings is 1.